The van der Waals surface area contributed by atoms with E-state index in [1.54, 1.807) is 0 Å². The molecule has 0 aliphatic heterocycles. The zero-order valence-corrected chi connectivity index (χ0v) is 12.8. The van der Waals surface area contributed by atoms with Gasteiger partial charge in [0, 0.05) is 21.3 Å². The van der Waals surface area contributed by atoms with Crippen LogP contribution in [0.3, 0.4) is 0 Å². The molecule has 0 heterocycles. The summed E-state index contributed by atoms with van der Waals surface area (Å²) in [5.74, 6) is 0. The first kappa shape index (κ1) is 13.9. The average Bonchev–Trinajstić information content (AvgIpc) is 1.78. The summed E-state index contributed by atoms with van der Waals surface area (Å²) in [7, 11) is 1.02. The molecular weight excluding hydrogens is 188 g/mol. The Labute approximate surface area is 92.0 Å². The number of rotatable bonds is 3. The van der Waals surface area contributed by atoms with E-state index in [2.05, 4.69) is 58.8 Å². The van der Waals surface area contributed by atoms with Crippen LogP contribution in [-0.2, 0) is 0 Å². The van der Waals surface area contributed by atoms with Crippen LogP contribution >= 0.6 is 0 Å². The van der Waals surface area contributed by atoms with Gasteiger partial charge in [0.15, 0.2) is 0 Å². The van der Waals surface area contributed by atoms with E-state index in [0.717, 1.165) is 10.2 Å². The van der Waals surface area contributed by atoms with Crippen LogP contribution in [0.5, 0.6) is 0 Å². The van der Waals surface area contributed by atoms with Gasteiger partial charge in [-0.25, -0.2) is 0 Å². The zero-order valence-electron chi connectivity index (χ0n) is 10.8. The third kappa shape index (κ3) is 7.30. The van der Waals surface area contributed by atoms with Crippen molar-refractivity contribution in [2.75, 3.05) is 0 Å². The second-order valence-electron chi connectivity index (χ2n) is 6.07. The molecule has 84 valence electrons. The van der Waals surface area contributed by atoms with Crippen LogP contribution in [0.1, 0.15) is 41.5 Å². The lowest BCUT2D eigenvalue weighted by Crippen LogP contribution is -2.57. The van der Waals surface area contributed by atoms with Gasteiger partial charge in [0.05, 0.1) is 6.17 Å². The van der Waals surface area contributed by atoms with Gasteiger partial charge in [0.2, 0.25) is 0 Å². The van der Waals surface area contributed by atoms with Crippen LogP contribution in [0.2, 0.25) is 0 Å². The maximum absolute atomic E-state index is 4.06. The highest BCUT2D eigenvalue weighted by molar-refractivity contribution is 6.21. The van der Waals surface area contributed by atoms with Crippen molar-refractivity contribution >= 4 is 10.2 Å². The van der Waals surface area contributed by atoms with Crippen LogP contribution in [0.4, 0.5) is 0 Å². The Hall–Kier alpha value is -0.123. The van der Waals surface area contributed by atoms with E-state index in [4.69, 9.17) is 0 Å². The fraction of sp³-hybridized carbons (Fsp3) is 0.818. The van der Waals surface area contributed by atoms with E-state index in [1.807, 2.05) is 0 Å². The van der Waals surface area contributed by atoms with Gasteiger partial charge < -0.3 is 0 Å². The highest BCUT2D eigenvalue weighted by atomic mass is 28.1. The minimum Gasteiger partial charge on any atom is -0.294 e. The summed E-state index contributed by atoms with van der Waals surface area (Å²) in [6.07, 6.45) is 0.238. The molecular formula is C11H26N2Si. The lowest BCUT2D eigenvalue weighted by atomic mass is 10.1. The molecule has 0 aliphatic carbocycles. The van der Waals surface area contributed by atoms with Crippen molar-refractivity contribution in [3.63, 3.8) is 0 Å². The standard InChI is InChI=1S/C11H26N2Si/c1-8(14)9(12-10(2,3)4)13-11(5,6)7/h9,12-13H,1H2,2-7,14H3. The maximum Gasteiger partial charge on any atom is 0.0753 e. The van der Waals surface area contributed by atoms with Crippen LogP contribution < -0.4 is 10.6 Å². The molecule has 0 aromatic rings. The Balaban J connectivity index is 4.40. The first-order chi connectivity index (χ1) is 6.01. The molecule has 0 aliphatic rings. The van der Waals surface area contributed by atoms with Crippen LogP contribution in [0, 0.1) is 0 Å². The van der Waals surface area contributed by atoms with Crippen molar-refractivity contribution in [3.05, 3.63) is 11.8 Å². The smallest absolute Gasteiger partial charge is 0.0753 e. The second kappa shape index (κ2) is 4.60. The average molecular weight is 214 g/mol. The molecule has 0 spiro atoms. The Morgan fingerprint density at radius 3 is 1.43 bits per heavy atom. The van der Waals surface area contributed by atoms with Gasteiger partial charge in [-0.05, 0) is 41.5 Å². The SMILES string of the molecule is C=C([SiH3])C(NC(C)(C)C)NC(C)(C)C. The Morgan fingerprint density at radius 2 is 1.29 bits per heavy atom. The lowest BCUT2D eigenvalue weighted by molar-refractivity contribution is 0.294. The van der Waals surface area contributed by atoms with E-state index in [-0.39, 0.29) is 17.2 Å². The fourth-order valence-corrected chi connectivity index (χ4v) is 1.44. The first-order valence-corrected chi connectivity index (χ1v) is 6.22. The van der Waals surface area contributed by atoms with Crippen LogP contribution in [0.25, 0.3) is 0 Å². The summed E-state index contributed by atoms with van der Waals surface area (Å²) in [4.78, 5) is 0. The van der Waals surface area contributed by atoms with Gasteiger partial charge in [0.25, 0.3) is 0 Å². The fourth-order valence-electron chi connectivity index (χ4n) is 1.15. The van der Waals surface area contributed by atoms with Crippen molar-refractivity contribution in [2.45, 2.75) is 58.8 Å². The minimum absolute atomic E-state index is 0.121. The molecule has 14 heavy (non-hydrogen) atoms. The predicted octanol–water partition coefficient (Wildman–Crippen LogP) is 0.968. The summed E-state index contributed by atoms with van der Waals surface area (Å²) >= 11 is 0. The highest BCUT2D eigenvalue weighted by Gasteiger charge is 2.21. The molecule has 0 fully saturated rings. The molecule has 0 atom stereocenters. The minimum atomic E-state index is 0.121. The van der Waals surface area contributed by atoms with Gasteiger partial charge >= 0.3 is 0 Å². The van der Waals surface area contributed by atoms with Crippen molar-refractivity contribution in [2.24, 2.45) is 0 Å². The zero-order chi connectivity index (χ0) is 11.6. The third-order valence-corrected chi connectivity index (χ3v) is 2.22. The quantitative estimate of drug-likeness (QED) is 0.540. The molecule has 3 heteroatoms. The van der Waals surface area contributed by atoms with Gasteiger partial charge in [-0.1, -0.05) is 5.20 Å². The molecule has 0 unspecified atom stereocenters. The third-order valence-electron chi connectivity index (χ3n) is 1.65. The van der Waals surface area contributed by atoms with Gasteiger partial charge in [-0.2, -0.15) is 0 Å². The predicted molar refractivity (Wildman–Crippen MR) is 68.6 cm³/mol. The summed E-state index contributed by atoms with van der Waals surface area (Å²) in [5, 5.41) is 8.33. The molecule has 0 saturated carbocycles. The highest BCUT2D eigenvalue weighted by Crippen LogP contribution is 2.07. The normalized spacial score (nSPS) is 13.6. The largest absolute Gasteiger partial charge is 0.294 e. The van der Waals surface area contributed by atoms with Crippen LogP contribution in [0.15, 0.2) is 11.8 Å². The summed E-state index contributed by atoms with van der Waals surface area (Å²) in [5.41, 5.74) is 0.243. The van der Waals surface area contributed by atoms with Crippen molar-refractivity contribution in [3.8, 4) is 0 Å². The Bertz CT molecular complexity index is 182. The van der Waals surface area contributed by atoms with E-state index in [0.29, 0.717) is 0 Å². The molecule has 0 aromatic heterocycles. The molecule has 2 N–H and O–H groups in total. The first-order valence-electron chi connectivity index (χ1n) is 5.22. The summed E-state index contributed by atoms with van der Waals surface area (Å²) in [6.45, 7) is 17.1. The molecule has 0 bridgehead atoms. The van der Waals surface area contributed by atoms with Gasteiger partial charge in [-0.3, -0.25) is 10.6 Å². The topological polar surface area (TPSA) is 24.1 Å². The van der Waals surface area contributed by atoms with E-state index in [1.165, 1.54) is 5.20 Å². The number of hydrogen-bond donors (Lipinski definition) is 2. The molecule has 0 radical (unpaired) electrons. The molecule has 0 amide bonds. The Morgan fingerprint density at radius 1 is 1.00 bits per heavy atom. The van der Waals surface area contributed by atoms with Crippen molar-refractivity contribution in [1.29, 1.82) is 0 Å². The monoisotopic (exact) mass is 214 g/mol. The van der Waals surface area contributed by atoms with Gasteiger partial charge in [0.1, 0.15) is 0 Å². The van der Waals surface area contributed by atoms with Gasteiger partial charge in [-0.15, -0.1) is 6.58 Å². The summed E-state index contributed by atoms with van der Waals surface area (Å²) < 4.78 is 0. The van der Waals surface area contributed by atoms with Crippen molar-refractivity contribution in [1.82, 2.24) is 10.6 Å². The second-order valence-corrected chi connectivity index (χ2v) is 7.35. The Kier molecular flexibility index (Phi) is 4.56. The molecule has 0 aromatic carbocycles. The number of nitrogens with one attached hydrogen (secondary N) is 2. The molecule has 0 saturated heterocycles. The lowest BCUT2D eigenvalue weighted by Gasteiger charge is -2.35. The van der Waals surface area contributed by atoms with Crippen molar-refractivity contribution < 1.29 is 0 Å². The van der Waals surface area contributed by atoms with E-state index >= 15 is 0 Å². The molecule has 2 nitrogen and oxygen atoms in total. The van der Waals surface area contributed by atoms with E-state index < -0.39 is 0 Å². The van der Waals surface area contributed by atoms with Crippen LogP contribution in [-0.4, -0.2) is 27.5 Å². The molecule has 0 rings (SSSR count). The van der Waals surface area contributed by atoms with E-state index in [9.17, 15) is 0 Å². The number of hydrogen-bond acceptors (Lipinski definition) is 2. The maximum atomic E-state index is 4.06. The summed E-state index contributed by atoms with van der Waals surface area (Å²) in [6, 6.07) is 0.